The van der Waals surface area contributed by atoms with Crippen molar-refractivity contribution in [3.05, 3.63) is 52.0 Å². The first-order valence-corrected chi connectivity index (χ1v) is 9.30. The molecule has 3 rings (SSSR count). The monoisotopic (exact) mass is 380 g/mol. The van der Waals surface area contributed by atoms with Crippen LogP contribution in [0, 0.1) is 0 Å². The smallest absolute Gasteiger partial charge is 0.255 e. The second-order valence-electron chi connectivity index (χ2n) is 6.15. The number of benzene rings is 1. The average molecular weight is 381 g/mol. The third-order valence-corrected chi connectivity index (χ3v) is 5.16. The molecule has 1 aliphatic heterocycles. The van der Waals surface area contributed by atoms with Crippen molar-refractivity contribution in [1.29, 1.82) is 0 Å². The first-order valence-electron chi connectivity index (χ1n) is 8.55. The number of halogens is 2. The molecule has 0 radical (unpaired) electrons. The first kappa shape index (κ1) is 18.2. The van der Waals surface area contributed by atoms with Gasteiger partial charge >= 0.3 is 0 Å². The van der Waals surface area contributed by atoms with Gasteiger partial charge in [0.15, 0.2) is 0 Å². The van der Waals surface area contributed by atoms with Gasteiger partial charge in [-0.15, -0.1) is 0 Å². The summed E-state index contributed by atoms with van der Waals surface area (Å²) in [6.07, 6.45) is 4.82. The Morgan fingerprint density at radius 3 is 2.64 bits per heavy atom. The molecule has 0 N–H and O–H groups in total. The third-order valence-electron chi connectivity index (χ3n) is 4.59. The predicted octanol–water partition coefficient (Wildman–Crippen LogP) is 3.21. The van der Waals surface area contributed by atoms with E-state index in [1.54, 1.807) is 18.2 Å². The molecular formula is C18H22Cl2N4O. The lowest BCUT2D eigenvalue weighted by molar-refractivity contribution is 0.0633. The van der Waals surface area contributed by atoms with Crippen molar-refractivity contribution in [2.45, 2.75) is 19.9 Å². The minimum absolute atomic E-state index is 0.0463. The molecule has 0 saturated carbocycles. The molecule has 1 aromatic heterocycles. The number of aryl methyl sites for hydroxylation is 1. The lowest BCUT2D eigenvalue weighted by Crippen LogP contribution is -2.49. The van der Waals surface area contributed by atoms with Crippen molar-refractivity contribution >= 4 is 29.1 Å². The van der Waals surface area contributed by atoms with Crippen LogP contribution in [-0.2, 0) is 13.0 Å². The van der Waals surface area contributed by atoms with E-state index < -0.39 is 0 Å². The molecule has 2 aromatic rings. The summed E-state index contributed by atoms with van der Waals surface area (Å²) in [6, 6.07) is 5.01. The Kier molecular flexibility index (Phi) is 5.99. The Labute approximate surface area is 158 Å². The average Bonchev–Trinajstić information content (AvgIpc) is 3.09. The van der Waals surface area contributed by atoms with Gasteiger partial charge < -0.3 is 9.47 Å². The number of hydrogen-bond donors (Lipinski definition) is 0. The summed E-state index contributed by atoms with van der Waals surface area (Å²) in [5.74, 6) is 1.07. The molecule has 0 unspecified atom stereocenters. The maximum atomic E-state index is 12.7. The highest BCUT2D eigenvalue weighted by molar-refractivity contribution is 6.35. The fraction of sp³-hybridized carbons (Fsp3) is 0.444. The van der Waals surface area contributed by atoms with Crippen molar-refractivity contribution < 1.29 is 4.79 Å². The van der Waals surface area contributed by atoms with E-state index >= 15 is 0 Å². The molecule has 1 saturated heterocycles. The zero-order valence-electron chi connectivity index (χ0n) is 14.3. The van der Waals surface area contributed by atoms with Crippen LogP contribution in [0.25, 0.3) is 0 Å². The van der Waals surface area contributed by atoms with E-state index in [0.29, 0.717) is 28.7 Å². The van der Waals surface area contributed by atoms with Gasteiger partial charge in [0.25, 0.3) is 5.91 Å². The summed E-state index contributed by atoms with van der Waals surface area (Å²) >= 11 is 12.1. The minimum Gasteiger partial charge on any atom is -0.336 e. The summed E-state index contributed by atoms with van der Waals surface area (Å²) in [7, 11) is 0. The Bertz CT molecular complexity index is 738. The zero-order chi connectivity index (χ0) is 17.8. The number of amides is 1. The molecule has 0 spiro atoms. The van der Waals surface area contributed by atoms with Crippen LogP contribution in [-0.4, -0.2) is 58.0 Å². The zero-order valence-corrected chi connectivity index (χ0v) is 15.8. The van der Waals surface area contributed by atoms with Gasteiger partial charge in [0, 0.05) is 63.1 Å². The molecule has 2 heterocycles. The number of carbonyl (C=O) groups is 1. The highest BCUT2D eigenvalue weighted by atomic mass is 35.5. The Morgan fingerprint density at radius 1 is 1.16 bits per heavy atom. The Hall–Kier alpha value is -1.56. The fourth-order valence-electron chi connectivity index (χ4n) is 3.11. The highest BCUT2D eigenvalue weighted by Crippen LogP contribution is 2.22. The fourth-order valence-corrected chi connectivity index (χ4v) is 3.48. The van der Waals surface area contributed by atoms with Gasteiger partial charge in [-0.1, -0.05) is 30.1 Å². The molecule has 134 valence electrons. The quantitative estimate of drug-likeness (QED) is 0.799. The van der Waals surface area contributed by atoms with Crippen LogP contribution in [0.4, 0.5) is 0 Å². The lowest BCUT2D eigenvalue weighted by atomic mass is 10.1. The second kappa shape index (κ2) is 8.21. The number of piperazine rings is 1. The standard InChI is InChI=1S/C18H22Cl2N4O/c1-2-17-21-5-6-23(17)10-7-22-8-11-24(12-9-22)18(25)15-13-14(19)3-4-16(15)20/h3-6,13H,2,7-12H2,1H3. The third kappa shape index (κ3) is 4.35. The van der Waals surface area contributed by atoms with Gasteiger partial charge in [-0.2, -0.15) is 0 Å². The van der Waals surface area contributed by atoms with E-state index in [2.05, 4.69) is 21.4 Å². The van der Waals surface area contributed by atoms with Gasteiger partial charge in [-0.05, 0) is 18.2 Å². The van der Waals surface area contributed by atoms with Crippen molar-refractivity contribution in [2.24, 2.45) is 0 Å². The molecule has 25 heavy (non-hydrogen) atoms. The number of carbonyl (C=O) groups excluding carboxylic acids is 1. The van der Waals surface area contributed by atoms with E-state index in [-0.39, 0.29) is 5.91 Å². The number of nitrogens with zero attached hydrogens (tertiary/aromatic N) is 4. The van der Waals surface area contributed by atoms with Gasteiger partial charge in [-0.25, -0.2) is 4.98 Å². The molecule has 0 bridgehead atoms. The largest absolute Gasteiger partial charge is 0.336 e. The molecule has 0 aliphatic carbocycles. The predicted molar refractivity (Wildman–Crippen MR) is 100 cm³/mol. The van der Waals surface area contributed by atoms with Crippen molar-refractivity contribution in [3.8, 4) is 0 Å². The van der Waals surface area contributed by atoms with Crippen LogP contribution in [0.5, 0.6) is 0 Å². The molecule has 1 aromatic carbocycles. The number of rotatable bonds is 5. The number of hydrogen-bond acceptors (Lipinski definition) is 3. The minimum atomic E-state index is -0.0463. The molecule has 5 nitrogen and oxygen atoms in total. The highest BCUT2D eigenvalue weighted by Gasteiger charge is 2.23. The van der Waals surface area contributed by atoms with Crippen molar-refractivity contribution in [3.63, 3.8) is 0 Å². The first-order chi connectivity index (χ1) is 12.1. The van der Waals surface area contributed by atoms with Crippen molar-refractivity contribution in [1.82, 2.24) is 19.4 Å². The van der Waals surface area contributed by atoms with Crippen LogP contribution >= 0.6 is 23.2 Å². The molecule has 1 amide bonds. The molecule has 1 aliphatic rings. The topological polar surface area (TPSA) is 41.4 Å². The van der Waals surface area contributed by atoms with Gasteiger partial charge in [0.2, 0.25) is 0 Å². The molecule has 0 atom stereocenters. The maximum Gasteiger partial charge on any atom is 0.255 e. The number of aromatic nitrogens is 2. The van der Waals surface area contributed by atoms with Crippen LogP contribution in [0.3, 0.4) is 0 Å². The molecule has 1 fully saturated rings. The lowest BCUT2D eigenvalue weighted by Gasteiger charge is -2.35. The van der Waals surface area contributed by atoms with E-state index in [4.69, 9.17) is 23.2 Å². The summed E-state index contributed by atoms with van der Waals surface area (Å²) in [5.41, 5.74) is 0.480. The summed E-state index contributed by atoms with van der Waals surface area (Å²) in [4.78, 5) is 21.2. The van der Waals surface area contributed by atoms with E-state index in [1.165, 1.54) is 0 Å². The molecular weight excluding hydrogens is 359 g/mol. The Balaban J connectivity index is 1.53. The van der Waals surface area contributed by atoms with Crippen LogP contribution in [0.1, 0.15) is 23.1 Å². The summed E-state index contributed by atoms with van der Waals surface area (Å²) in [6.45, 7) is 7.13. The van der Waals surface area contributed by atoms with E-state index in [0.717, 1.165) is 38.4 Å². The second-order valence-corrected chi connectivity index (χ2v) is 6.99. The summed E-state index contributed by atoms with van der Waals surface area (Å²) < 4.78 is 2.20. The SMILES string of the molecule is CCc1nccn1CCN1CCN(C(=O)c2cc(Cl)ccc2Cl)CC1. The van der Waals surface area contributed by atoms with Gasteiger partial charge in [0.05, 0.1) is 10.6 Å². The number of imidazole rings is 1. The Morgan fingerprint density at radius 2 is 1.92 bits per heavy atom. The van der Waals surface area contributed by atoms with Crippen LogP contribution in [0.2, 0.25) is 10.0 Å². The van der Waals surface area contributed by atoms with Crippen LogP contribution in [0.15, 0.2) is 30.6 Å². The molecule has 7 heteroatoms. The van der Waals surface area contributed by atoms with Crippen LogP contribution < -0.4 is 0 Å². The van der Waals surface area contributed by atoms with E-state index in [9.17, 15) is 4.79 Å². The van der Waals surface area contributed by atoms with E-state index in [1.807, 2.05) is 17.3 Å². The summed E-state index contributed by atoms with van der Waals surface area (Å²) in [5, 5.41) is 0.975. The normalized spacial score (nSPS) is 15.6. The van der Waals surface area contributed by atoms with Crippen molar-refractivity contribution in [2.75, 3.05) is 32.7 Å². The van der Waals surface area contributed by atoms with Gasteiger partial charge in [0.1, 0.15) is 5.82 Å². The maximum absolute atomic E-state index is 12.7. The van der Waals surface area contributed by atoms with Gasteiger partial charge in [-0.3, -0.25) is 9.69 Å².